The Morgan fingerprint density at radius 3 is 2.71 bits per heavy atom. The molecule has 0 aliphatic carbocycles. The Morgan fingerprint density at radius 1 is 1.36 bits per heavy atom. The maximum atomic E-state index is 13.0. The molecule has 10 heteroatoms. The van der Waals surface area contributed by atoms with Gasteiger partial charge in [0.15, 0.2) is 6.29 Å². The Morgan fingerprint density at radius 2 is 2.11 bits per heavy atom. The van der Waals surface area contributed by atoms with E-state index < -0.39 is 11.7 Å². The number of hydrogen-bond acceptors (Lipinski definition) is 6. The van der Waals surface area contributed by atoms with Crippen molar-refractivity contribution in [2.45, 2.75) is 25.4 Å². The minimum atomic E-state index is -4.56. The maximum absolute atomic E-state index is 13.0. The SMILES string of the molecule is CCN1C(C)=C(c2ccnc(Nc3ccc(Cl)c(C(F)(F)F)c3)n2)SC1C=O. The number of allylic oxidation sites excluding steroid dienone is 1. The molecule has 1 atom stereocenters. The standard InChI is InChI=1S/C18H16ClF3N4OS/c1-3-26-10(2)16(28-15(26)9-27)14-6-7-23-17(25-14)24-11-4-5-13(19)12(8-11)18(20,21)22/h4-9,15H,3H2,1-2H3,(H,23,24,25). The number of hydrogen-bond donors (Lipinski definition) is 1. The monoisotopic (exact) mass is 428 g/mol. The minimum Gasteiger partial charge on any atom is -0.356 e. The molecule has 0 radical (unpaired) electrons. The summed E-state index contributed by atoms with van der Waals surface area (Å²) < 4.78 is 39.1. The van der Waals surface area contributed by atoms with Gasteiger partial charge in [-0.15, -0.1) is 0 Å². The summed E-state index contributed by atoms with van der Waals surface area (Å²) in [6, 6.07) is 5.20. The smallest absolute Gasteiger partial charge is 0.356 e. The first-order valence-electron chi connectivity index (χ1n) is 8.31. The minimum absolute atomic E-state index is 0.145. The molecule has 1 unspecified atom stereocenters. The topological polar surface area (TPSA) is 58.1 Å². The highest BCUT2D eigenvalue weighted by Crippen LogP contribution is 2.42. The molecule has 1 aromatic heterocycles. The highest BCUT2D eigenvalue weighted by atomic mass is 35.5. The van der Waals surface area contributed by atoms with Crippen molar-refractivity contribution in [2.75, 3.05) is 11.9 Å². The fourth-order valence-electron chi connectivity index (χ4n) is 2.85. The van der Waals surface area contributed by atoms with Crippen molar-refractivity contribution in [1.29, 1.82) is 0 Å². The van der Waals surface area contributed by atoms with Crippen LogP contribution >= 0.6 is 23.4 Å². The molecule has 0 bridgehead atoms. The van der Waals surface area contributed by atoms with Crippen molar-refractivity contribution < 1.29 is 18.0 Å². The van der Waals surface area contributed by atoms with Crippen molar-refractivity contribution in [3.63, 3.8) is 0 Å². The van der Waals surface area contributed by atoms with E-state index in [1.54, 1.807) is 6.07 Å². The zero-order valence-corrected chi connectivity index (χ0v) is 16.5. The van der Waals surface area contributed by atoms with Crippen molar-refractivity contribution in [3.8, 4) is 0 Å². The van der Waals surface area contributed by atoms with Crippen LogP contribution in [-0.4, -0.2) is 33.1 Å². The summed E-state index contributed by atoms with van der Waals surface area (Å²) in [4.78, 5) is 22.6. The van der Waals surface area contributed by atoms with Crippen LogP contribution in [0.2, 0.25) is 5.02 Å². The number of thioether (sulfide) groups is 1. The largest absolute Gasteiger partial charge is 0.417 e. The van der Waals surface area contributed by atoms with Gasteiger partial charge in [-0.2, -0.15) is 13.2 Å². The van der Waals surface area contributed by atoms with E-state index >= 15 is 0 Å². The summed E-state index contributed by atoms with van der Waals surface area (Å²) in [7, 11) is 0. The second-order valence-corrected chi connectivity index (χ2v) is 7.46. The van der Waals surface area contributed by atoms with Gasteiger partial charge in [0.1, 0.15) is 5.37 Å². The Balaban J connectivity index is 1.89. The molecule has 0 saturated heterocycles. The van der Waals surface area contributed by atoms with E-state index in [4.69, 9.17) is 11.6 Å². The van der Waals surface area contributed by atoms with Gasteiger partial charge in [0.25, 0.3) is 0 Å². The van der Waals surface area contributed by atoms with Gasteiger partial charge in [0, 0.05) is 24.1 Å². The molecule has 28 heavy (non-hydrogen) atoms. The molecule has 0 spiro atoms. The average Bonchev–Trinajstić information content (AvgIpc) is 2.98. The van der Waals surface area contributed by atoms with Crippen LogP contribution in [0.5, 0.6) is 0 Å². The molecular weight excluding hydrogens is 413 g/mol. The van der Waals surface area contributed by atoms with E-state index in [1.807, 2.05) is 18.7 Å². The van der Waals surface area contributed by atoms with Crippen molar-refractivity contribution in [2.24, 2.45) is 0 Å². The fourth-order valence-corrected chi connectivity index (χ4v) is 4.33. The molecule has 2 heterocycles. The molecule has 5 nitrogen and oxygen atoms in total. The van der Waals surface area contributed by atoms with E-state index in [1.165, 1.54) is 30.1 Å². The molecule has 1 N–H and O–H groups in total. The van der Waals surface area contributed by atoms with Crippen molar-refractivity contribution >= 4 is 46.2 Å². The number of likely N-dealkylation sites (N-methyl/N-ethyl adjacent to an activating group) is 1. The van der Waals surface area contributed by atoms with Crippen LogP contribution in [0.4, 0.5) is 24.8 Å². The Bertz CT molecular complexity index is 935. The Kier molecular flexibility index (Phi) is 5.85. The fraction of sp³-hybridized carbons (Fsp3) is 0.278. The third kappa shape index (κ3) is 4.10. The normalized spacial score (nSPS) is 17.2. The predicted molar refractivity (Wildman–Crippen MR) is 104 cm³/mol. The number of benzene rings is 1. The second kappa shape index (κ2) is 8.00. The average molecular weight is 429 g/mol. The summed E-state index contributed by atoms with van der Waals surface area (Å²) in [6.07, 6.45) is -2.18. The summed E-state index contributed by atoms with van der Waals surface area (Å²) in [5, 5.41) is 2.08. The second-order valence-electron chi connectivity index (χ2n) is 5.93. The third-order valence-electron chi connectivity index (χ3n) is 4.18. The lowest BCUT2D eigenvalue weighted by atomic mass is 10.2. The van der Waals surface area contributed by atoms with Crippen LogP contribution in [0.3, 0.4) is 0 Å². The number of halogens is 4. The van der Waals surface area contributed by atoms with Crippen LogP contribution in [0, 0.1) is 0 Å². The van der Waals surface area contributed by atoms with Crippen LogP contribution in [0.25, 0.3) is 4.91 Å². The molecule has 1 aromatic carbocycles. The van der Waals surface area contributed by atoms with Gasteiger partial charge >= 0.3 is 6.18 Å². The van der Waals surface area contributed by atoms with Gasteiger partial charge in [0.05, 0.1) is 21.2 Å². The van der Waals surface area contributed by atoms with Gasteiger partial charge in [-0.05, 0) is 38.1 Å². The number of nitrogens with zero attached hydrogens (tertiary/aromatic N) is 3. The van der Waals surface area contributed by atoms with Gasteiger partial charge in [-0.25, -0.2) is 9.97 Å². The molecule has 0 fully saturated rings. The number of aromatic nitrogens is 2. The van der Waals surface area contributed by atoms with E-state index in [0.29, 0.717) is 12.2 Å². The highest BCUT2D eigenvalue weighted by molar-refractivity contribution is 8.09. The number of nitrogens with one attached hydrogen (secondary N) is 1. The summed E-state index contributed by atoms with van der Waals surface area (Å²) in [6.45, 7) is 4.53. The van der Waals surface area contributed by atoms with E-state index in [-0.39, 0.29) is 22.0 Å². The summed E-state index contributed by atoms with van der Waals surface area (Å²) in [5.74, 6) is 0.145. The first-order chi connectivity index (χ1) is 13.2. The molecule has 2 aromatic rings. The highest BCUT2D eigenvalue weighted by Gasteiger charge is 2.33. The number of anilines is 2. The van der Waals surface area contributed by atoms with Gasteiger partial charge in [-0.1, -0.05) is 23.4 Å². The Hall–Kier alpha value is -2.26. The summed E-state index contributed by atoms with van der Waals surface area (Å²) >= 11 is 7.03. The number of aldehydes is 1. The quantitative estimate of drug-likeness (QED) is 0.662. The third-order valence-corrected chi connectivity index (χ3v) is 5.86. The Labute approximate surface area is 169 Å². The molecule has 1 aliphatic rings. The van der Waals surface area contributed by atoms with Gasteiger partial charge < -0.3 is 15.0 Å². The predicted octanol–water partition coefficient (Wildman–Crippen LogP) is 5.17. The van der Waals surface area contributed by atoms with E-state index in [2.05, 4.69) is 15.3 Å². The molecule has 3 rings (SSSR count). The van der Waals surface area contributed by atoms with Crippen LogP contribution in [-0.2, 0) is 11.0 Å². The van der Waals surface area contributed by atoms with Crippen LogP contribution in [0.1, 0.15) is 25.1 Å². The lowest BCUT2D eigenvalue weighted by Gasteiger charge is -2.21. The van der Waals surface area contributed by atoms with Crippen molar-refractivity contribution in [3.05, 3.63) is 52.4 Å². The number of carbonyl (C=O) groups excluding carboxylic acids is 1. The zero-order valence-electron chi connectivity index (χ0n) is 14.9. The molecule has 1 aliphatic heterocycles. The van der Waals surface area contributed by atoms with E-state index in [0.717, 1.165) is 23.0 Å². The first-order valence-corrected chi connectivity index (χ1v) is 9.57. The number of carbonyl (C=O) groups is 1. The molecule has 0 amide bonds. The lowest BCUT2D eigenvalue weighted by molar-refractivity contribution is -0.137. The molecular formula is C18H16ClF3N4OS. The summed E-state index contributed by atoms with van der Waals surface area (Å²) in [5.41, 5.74) is 0.736. The molecule has 0 saturated carbocycles. The first kappa shape index (κ1) is 20.5. The van der Waals surface area contributed by atoms with Crippen LogP contribution < -0.4 is 5.32 Å². The van der Waals surface area contributed by atoms with Gasteiger partial charge in [0.2, 0.25) is 5.95 Å². The van der Waals surface area contributed by atoms with Crippen molar-refractivity contribution in [1.82, 2.24) is 14.9 Å². The van der Waals surface area contributed by atoms with Crippen LogP contribution in [0.15, 0.2) is 36.2 Å². The number of alkyl halides is 3. The van der Waals surface area contributed by atoms with E-state index in [9.17, 15) is 18.0 Å². The van der Waals surface area contributed by atoms with Gasteiger partial charge in [-0.3, -0.25) is 0 Å². The maximum Gasteiger partial charge on any atom is 0.417 e. The molecule has 148 valence electrons. The zero-order chi connectivity index (χ0) is 20.5. The lowest BCUT2D eigenvalue weighted by Crippen LogP contribution is -2.28. The number of rotatable bonds is 5.